The molecule has 4 aromatic rings. The molecule has 0 bridgehead atoms. The first-order valence-corrected chi connectivity index (χ1v) is 8.69. The van der Waals surface area contributed by atoms with Crippen molar-refractivity contribution in [3.63, 3.8) is 0 Å². The van der Waals surface area contributed by atoms with E-state index in [-0.39, 0.29) is 5.78 Å². The third-order valence-electron chi connectivity index (χ3n) is 4.71. The van der Waals surface area contributed by atoms with E-state index in [1.165, 1.54) is 0 Å². The van der Waals surface area contributed by atoms with Crippen LogP contribution >= 0.6 is 11.6 Å². The van der Waals surface area contributed by atoms with Gasteiger partial charge in [0.1, 0.15) is 5.71 Å². The van der Waals surface area contributed by atoms with Crippen LogP contribution in [0, 0.1) is 0 Å². The third kappa shape index (κ3) is 2.21. The second kappa shape index (κ2) is 5.68. The molecule has 1 aliphatic rings. The summed E-state index contributed by atoms with van der Waals surface area (Å²) in [6.07, 6.45) is 1.95. The molecule has 0 aliphatic carbocycles. The van der Waals surface area contributed by atoms with Crippen LogP contribution in [0.5, 0.6) is 0 Å². The lowest BCUT2D eigenvalue weighted by molar-refractivity contribution is 0.107. The second-order valence-corrected chi connectivity index (χ2v) is 6.68. The van der Waals surface area contributed by atoms with Gasteiger partial charge in [0.05, 0.1) is 5.69 Å². The van der Waals surface area contributed by atoms with Crippen molar-refractivity contribution in [1.29, 1.82) is 0 Å². The van der Waals surface area contributed by atoms with Crippen molar-refractivity contribution < 1.29 is 4.79 Å². The molecular weight excluding hydrogens is 344 g/mol. The Bertz CT molecular complexity index is 1220. The number of aliphatic imine (C=N–C) groups is 1. The van der Waals surface area contributed by atoms with E-state index in [9.17, 15) is 4.79 Å². The highest BCUT2D eigenvalue weighted by molar-refractivity contribution is 6.55. The molecule has 5 rings (SSSR count). The molecule has 1 aromatic heterocycles. The average molecular weight is 357 g/mol. The Kier molecular flexibility index (Phi) is 3.30. The molecule has 0 radical (unpaired) electrons. The summed E-state index contributed by atoms with van der Waals surface area (Å²) in [6.45, 7) is 0. The molecule has 0 saturated carbocycles. The Hall–Kier alpha value is -3.17. The van der Waals surface area contributed by atoms with Crippen molar-refractivity contribution in [2.24, 2.45) is 4.99 Å². The van der Waals surface area contributed by atoms with Gasteiger partial charge >= 0.3 is 0 Å². The standard InChI is InChI=1S/C22H13ClN2O/c23-13-9-10-15-18(12-24-20(15)11-13)14-5-1-2-6-16(14)21-22(26)17-7-3-4-8-19(17)25-21/h1-12,24H. The van der Waals surface area contributed by atoms with Gasteiger partial charge in [-0.25, -0.2) is 4.99 Å². The zero-order valence-corrected chi connectivity index (χ0v) is 14.4. The molecule has 1 aliphatic heterocycles. The fraction of sp³-hybridized carbons (Fsp3) is 0. The highest BCUT2D eigenvalue weighted by Crippen LogP contribution is 2.35. The summed E-state index contributed by atoms with van der Waals surface area (Å²) in [4.78, 5) is 20.7. The van der Waals surface area contributed by atoms with Gasteiger partial charge in [-0.2, -0.15) is 0 Å². The maximum absolute atomic E-state index is 12.9. The van der Waals surface area contributed by atoms with Crippen LogP contribution in [0.15, 0.2) is 77.9 Å². The number of H-pyrrole nitrogens is 1. The van der Waals surface area contributed by atoms with Gasteiger partial charge in [-0.1, -0.05) is 54.1 Å². The number of benzene rings is 3. The maximum Gasteiger partial charge on any atom is 0.214 e. The summed E-state index contributed by atoms with van der Waals surface area (Å²) in [6, 6.07) is 21.1. The molecule has 4 heteroatoms. The van der Waals surface area contributed by atoms with Crippen molar-refractivity contribution in [3.8, 4) is 11.1 Å². The Labute approximate surface area is 155 Å². The minimum Gasteiger partial charge on any atom is -0.360 e. The Balaban J connectivity index is 1.71. The lowest BCUT2D eigenvalue weighted by atomic mass is 9.94. The zero-order chi connectivity index (χ0) is 17.7. The Morgan fingerprint density at radius 3 is 2.35 bits per heavy atom. The lowest BCUT2D eigenvalue weighted by Crippen LogP contribution is -2.12. The van der Waals surface area contributed by atoms with Gasteiger partial charge in [0.25, 0.3) is 0 Å². The van der Waals surface area contributed by atoms with Crippen LogP contribution in [0.1, 0.15) is 15.9 Å². The summed E-state index contributed by atoms with van der Waals surface area (Å²) in [7, 11) is 0. The summed E-state index contributed by atoms with van der Waals surface area (Å²) in [5.41, 5.74) is 5.68. The van der Waals surface area contributed by atoms with Crippen LogP contribution in [0.4, 0.5) is 5.69 Å². The highest BCUT2D eigenvalue weighted by Gasteiger charge is 2.27. The molecule has 0 atom stereocenters. The summed E-state index contributed by atoms with van der Waals surface area (Å²) in [5.74, 6) is -0.0315. The smallest absolute Gasteiger partial charge is 0.214 e. The van der Waals surface area contributed by atoms with Crippen molar-refractivity contribution in [3.05, 3.63) is 89.1 Å². The number of hydrogen-bond donors (Lipinski definition) is 1. The van der Waals surface area contributed by atoms with Crippen LogP contribution in [0.2, 0.25) is 5.02 Å². The number of nitrogens with zero attached hydrogens (tertiary/aromatic N) is 1. The van der Waals surface area contributed by atoms with E-state index >= 15 is 0 Å². The molecule has 0 saturated heterocycles. The molecule has 26 heavy (non-hydrogen) atoms. The number of Topliss-reactive ketones (excluding diaryl/α,β-unsaturated/α-hetero) is 1. The summed E-state index contributed by atoms with van der Waals surface area (Å²) >= 11 is 6.10. The van der Waals surface area contributed by atoms with Crippen molar-refractivity contribution in [2.75, 3.05) is 0 Å². The molecule has 1 N–H and O–H groups in total. The maximum atomic E-state index is 12.9. The number of halogens is 1. The summed E-state index contributed by atoms with van der Waals surface area (Å²) < 4.78 is 0. The van der Waals surface area contributed by atoms with Gasteiger partial charge < -0.3 is 4.98 Å². The number of para-hydroxylation sites is 1. The lowest BCUT2D eigenvalue weighted by Gasteiger charge is -2.08. The quantitative estimate of drug-likeness (QED) is 0.484. The van der Waals surface area contributed by atoms with E-state index in [4.69, 9.17) is 11.6 Å². The highest BCUT2D eigenvalue weighted by atomic mass is 35.5. The Morgan fingerprint density at radius 2 is 1.54 bits per heavy atom. The van der Waals surface area contributed by atoms with E-state index < -0.39 is 0 Å². The molecule has 124 valence electrons. The van der Waals surface area contributed by atoms with Gasteiger partial charge in [0.15, 0.2) is 0 Å². The predicted octanol–water partition coefficient (Wildman–Crippen LogP) is 5.81. The largest absolute Gasteiger partial charge is 0.360 e. The molecule has 0 amide bonds. The van der Waals surface area contributed by atoms with Crippen molar-refractivity contribution >= 4 is 39.7 Å². The number of aromatic nitrogens is 1. The van der Waals surface area contributed by atoms with Crippen LogP contribution in [0.3, 0.4) is 0 Å². The first-order valence-electron chi connectivity index (χ1n) is 8.31. The Morgan fingerprint density at radius 1 is 0.808 bits per heavy atom. The summed E-state index contributed by atoms with van der Waals surface area (Å²) in [5, 5.41) is 1.75. The second-order valence-electron chi connectivity index (χ2n) is 6.24. The van der Waals surface area contributed by atoms with Gasteiger partial charge in [0, 0.05) is 38.8 Å². The third-order valence-corrected chi connectivity index (χ3v) is 4.95. The molecule has 3 aromatic carbocycles. The number of ketones is 1. The van der Waals surface area contributed by atoms with Crippen LogP contribution in [-0.2, 0) is 0 Å². The molecule has 0 unspecified atom stereocenters. The topological polar surface area (TPSA) is 45.2 Å². The van der Waals surface area contributed by atoms with Gasteiger partial charge in [-0.3, -0.25) is 4.79 Å². The van der Waals surface area contributed by atoms with E-state index in [2.05, 4.69) is 9.98 Å². The SMILES string of the molecule is O=C1C(c2ccccc2-c2c[nH]c3cc(Cl)ccc23)=Nc2ccccc21. The number of carbonyl (C=O) groups is 1. The number of nitrogens with one attached hydrogen (secondary N) is 1. The zero-order valence-electron chi connectivity index (χ0n) is 13.7. The molecule has 2 heterocycles. The van der Waals surface area contributed by atoms with E-state index in [1.807, 2.05) is 72.9 Å². The van der Waals surface area contributed by atoms with Crippen molar-refractivity contribution in [2.45, 2.75) is 0 Å². The van der Waals surface area contributed by atoms with Gasteiger partial charge in [0.2, 0.25) is 5.78 Å². The molecular formula is C22H13ClN2O. The van der Waals surface area contributed by atoms with E-state index in [0.717, 1.165) is 33.3 Å². The minimum absolute atomic E-state index is 0.0315. The van der Waals surface area contributed by atoms with E-state index in [0.29, 0.717) is 16.3 Å². The number of aromatic amines is 1. The number of carbonyl (C=O) groups excluding carboxylic acids is 1. The van der Waals surface area contributed by atoms with Gasteiger partial charge in [-0.05, 0) is 29.8 Å². The fourth-order valence-electron chi connectivity index (χ4n) is 3.49. The average Bonchev–Trinajstić information content (AvgIpc) is 3.23. The predicted molar refractivity (Wildman–Crippen MR) is 106 cm³/mol. The number of rotatable bonds is 2. The number of hydrogen-bond acceptors (Lipinski definition) is 2. The fourth-order valence-corrected chi connectivity index (χ4v) is 3.66. The van der Waals surface area contributed by atoms with Crippen LogP contribution < -0.4 is 0 Å². The van der Waals surface area contributed by atoms with Crippen molar-refractivity contribution in [1.82, 2.24) is 4.98 Å². The van der Waals surface area contributed by atoms with Crippen LogP contribution in [0.25, 0.3) is 22.0 Å². The molecule has 0 spiro atoms. The van der Waals surface area contributed by atoms with Gasteiger partial charge in [-0.15, -0.1) is 0 Å². The first-order chi connectivity index (χ1) is 12.7. The monoisotopic (exact) mass is 356 g/mol. The minimum atomic E-state index is -0.0315. The normalized spacial score (nSPS) is 13.1. The molecule has 0 fully saturated rings. The molecule has 3 nitrogen and oxygen atoms in total. The first kappa shape index (κ1) is 15.1. The van der Waals surface area contributed by atoms with Crippen LogP contribution in [-0.4, -0.2) is 16.5 Å². The van der Waals surface area contributed by atoms with E-state index in [1.54, 1.807) is 0 Å². The number of fused-ring (bicyclic) bond motifs is 2.